The van der Waals surface area contributed by atoms with Crippen LogP contribution in [0.4, 0.5) is 0 Å². The Hall–Kier alpha value is -1.64. The van der Waals surface area contributed by atoms with Gasteiger partial charge in [0, 0.05) is 12.5 Å². The maximum absolute atomic E-state index is 11.6. The molecule has 1 N–H and O–H groups in total. The van der Waals surface area contributed by atoms with E-state index in [0.717, 1.165) is 17.7 Å². The molecular formula is C19H25NO. The van der Waals surface area contributed by atoms with E-state index in [1.807, 2.05) is 56.6 Å². The highest BCUT2D eigenvalue weighted by molar-refractivity contribution is 5.38. The molecule has 0 spiro atoms. The summed E-state index contributed by atoms with van der Waals surface area (Å²) in [6, 6.07) is 18.1. The standard InChI is InChI=1S/C19H25NO/c1-15-9-8-12-18(13-15)19(21,16(2)14-20(3)4)17-10-6-5-7-11-17/h5-13,16,21H,14H2,1-4H3/t16-,19-/m1/s1. The summed E-state index contributed by atoms with van der Waals surface area (Å²) in [7, 11) is 4.08. The van der Waals surface area contributed by atoms with Crippen LogP contribution in [0.3, 0.4) is 0 Å². The third kappa shape index (κ3) is 3.34. The molecular weight excluding hydrogens is 258 g/mol. The predicted molar refractivity (Wildman–Crippen MR) is 88.3 cm³/mol. The molecule has 0 aliphatic heterocycles. The lowest BCUT2D eigenvalue weighted by atomic mass is 9.76. The van der Waals surface area contributed by atoms with Gasteiger partial charge < -0.3 is 10.0 Å². The van der Waals surface area contributed by atoms with E-state index in [1.54, 1.807) is 0 Å². The van der Waals surface area contributed by atoms with Crippen molar-refractivity contribution < 1.29 is 5.11 Å². The van der Waals surface area contributed by atoms with Crippen LogP contribution >= 0.6 is 0 Å². The van der Waals surface area contributed by atoms with Gasteiger partial charge in [-0.15, -0.1) is 0 Å². The first kappa shape index (κ1) is 15.7. The largest absolute Gasteiger partial charge is 0.380 e. The summed E-state index contributed by atoms with van der Waals surface area (Å²) in [6.45, 7) is 4.99. The quantitative estimate of drug-likeness (QED) is 0.909. The first-order valence-electron chi connectivity index (χ1n) is 7.44. The first-order chi connectivity index (χ1) is 9.94. The molecule has 112 valence electrons. The van der Waals surface area contributed by atoms with E-state index < -0.39 is 5.60 Å². The highest BCUT2D eigenvalue weighted by atomic mass is 16.3. The van der Waals surface area contributed by atoms with Gasteiger partial charge in [-0.3, -0.25) is 0 Å². The van der Waals surface area contributed by atoms with Crippen LogP contribution in [0.15, 0.2) is 54.6 Å². The Kier molecular flexibility index (Phi) is 4.81. The molecule has 21 heavy (non-hydrogen) atoms. The Morgan fingerprint density at radius 3 is 2.19 bits per heavy atom. The second kappa shape index (κ2) is 6.42. The normalized spacial score (nSPS) is 15.7. The topological polar surface area (TPSA) is 23.5 Å². The lowest BCUT2D eigenvalue weighted by Crippen LogP contribution is -2.40. The van der Waals surface area contributed by atoms with Gasteiger partial charge in [-0.05, 0) is 32.1 Å². The Balaban J connectivity index is 2.53. The molecule has 2 nitrogen and oxygen atoms in total. The minimum atomic E-state index is -0.975. The fraction of sp³-hybridized carbons (Fsp3) is 0.368. The van der Waals surface area contributed by atoms with Gasteiger partial charge in [0.2, 0.25) is 0 Å². The van der Waals surface area contributed by atoms with E-state index in [1.165, 1.54) is 5.56 Å². The molecule has 0 bridgehead atoms. The average Bonchev–Trinajstić information content (AvgIpc) is 2.46. The van der Waals surface area contributed by atoms with Crippen molar-refractivity contribution in [1.29, 1.82) is 0 Å². The minimum absolute atomic E-state index is 0.0803. The van der Waals surface area contributed by atoms with Gasteiger partial charge in [0.1, 0.15) is 5.60 Å². The molecule has 0 fully saturated rings. The number of rotatable bonds is 5. The molecule has 0 aromatic heterocycles. The molecule has 2 rings (SSSR count). The van der Waals surface area contributed by atoms with E-state index in [2.05, 4.69) is 30.9 Å². The summed E-state index contributed by atoms with van der Waals surface area (Å²) in [5, 5.41) is 11.6. The summed E-state index contributed by atoms with van der Waals surface area (Å²) in [6.07, 6.45) is 0. The van der Waals surface area contributed by atoms with Crippen molar-refractivity contribution in [2.75, 3.05) is 20.6 Å². The van der Waals surface area contributed by atoms with E-state index in [-0.39, 0.29) is 5.92 Å². The van der Waals surface area contributed by atoms with Gasteiger partial charge in [0.05, 0.1) is 0 Å². The summed E-state index contributed by atoms with van der Waals surface area (Å²) in [5.41, 5.74) is 2.10. The monoisotopic (exact) mass is 283 g/mol. The Morgan fingerprint density at radius 2 is 1.62 bits per heavy atom. The highest BCUT2D eigenvalue weighted by Gasteiger charge is 2.37. The first-order valence-corrected chi connectivity index (χ1v) is 7.44. The maximum Gasteiger partial charge on any atom is 0.118 e. The van der Waals surface area contributed by atoms with Crippen molar-refractivity contribution in [3.05, 3.63) is 71.3 Å². The van der Waals surface area contributed by atoms with Crippen molar-refractivity contribution in [2.45, 2.75) is 19.4 Å². The molecule has 0 saturated carbocycles. The SMILES string of the molecule is Cc1cccc([C@](O)(c2ccccc2)[C@H](C)CN(C)C)c1. The van der Waals surface area contributed by atoms with Crippen molar-refractivity contribution in [1.82, 2.24) is 4.90 Å². The van der Waals surface area contributed by atoms with Crippen molar-refractivity contribution in [3.63, 3.8) is 0 Å². The molecule has 2 aromatic carbocycles. The van der Waals surface area contributed by atoms with Crippen LogP contribution in [-0.4, -0.2) is 30.6 Å². The van der Waals surface area contributed by atoms with Crippen molar-refractivity contribution in [3.8, 4) is 0 Å². The summed E-state index contributed by atoms with van der Waals surface area (Å²) >= 11 is 0. The zero-order valence-electron chi connectivity index (χ0n) is 13.4. The smallest absolute Gasteiger partial charge is 0.118 e. The van der Waals surface area contributed by atoms with Gasteiger partial charge in [-0.2, -0.15) is 0 Å². The van der Waals surface area contributed by atoms with E-state index >= 15 is 0 Å². The van der Waals surface area contributed by atoms with Crippen LogP contribution in [0.2, 0.25) is 0 Å². The van der Waals surface area contributed by atoms with Crippen LogP contribution in [0.5, 0.6) is 0 Å². The fourth-order valence-electron chi connectivity index (χ4n) is 2.99. The van der Waals surface area contributed by atoms with Crippen LogP contribution in [0.25, 0.3) is 0 Å². The van der Waals surface area contributed by atoms with Crippen LogP contribution < -0.4 is 0 Å². The summed E-state index contributed by atoms with van der Waals surface area (Å²) in [5.74, 6) is 0.0803. The second-order valence-corrected chi connectivity index (χ2v) is 6.17. The van der Waals surface area contributed by atoms with E-state index in [0.29, 0.717) is 0 Å². The van der Waals surface area contributed by atoms with Crippen LogP contribution in [-0.2, 0) is 5.60 Å². The molecule has 0 heterocycles. The molecule has 0 radical (unpaired) electrons. The van der Waals surface area contributed by atoms with Gasteiger partial charge in [-0.1, -0.05) is 67.1 Å². The van der Waals surface area contributed by atoms with E-state index in [9.17, 15) is 5.11 Å². The lowest BCUT2D eigenvalue weighted by Gasteiger charge is -2.37. The molecule has 0 aliphatic carbocycles. The molecule has 0 unspecified atom stereocenters. The maximum atomic E-state index is 11.6. The lowest BCUT2D eigenvalue weighted by molar-refractivity contribution is 0.0134. The van der Waals surface area contributed by atoms with Crippen LogP contribution in [0, 0.1) is 12.8 Å². The van der Waals surface area contributed by atoms with E-state index in [4.69, 9.17) is 0 Å². The third-order valence-electron chi connectivity index (χ3n) is 4.02. The Bertz CT molecular complexity index is 579. The van der Waals surface area contributed by atoms with Gasteiger partial charge >= 0.3 is 0 Å². The van der Waals surface area contributed by atoms with Gasteiger partial charge in [0.25, 0.3) is 0 Å². The third-order valence-corrected chi connectivity index (χ3v) is 4.02. The Morgan fingerprint density at radius 1 is 1.00 bits per heavy atom. The number of benzene rings is 2. The summed E-state index contributed by atoms with van der Waals surface area (Å²) in [4.78, 5) is 2.12. The molecule has 2 aromatic rings. The van der Waals surface area contributed by atoms with Gasteiger partial charge in [-0.25, -0.2) is 0 Å². The number of nitrogens with zero attached hydrogens (tertiary/aromatic N) is 1. The predicted octanol–water partition coefficient (Wildman–Crippen LogP) is 3.43. The summed E-state index contributed by atoms with van der Waals surface area (Å²) < 4.78 is 0. The fourth-order valence-corrected chi connectivity index (χ4v) is 2.99. The Labute approximate surface area is 128 Å². The van der Waals surface area contributed by atoms with Crippen molar-refractivity contribution >= 4 is 0 Å². The molecule has 2 atom stereocenters. The van der Waals surface area contributed by atoms with Crippen LogP contribution in [0.1, 0.15) is 23.6 Å². The van der Waals surface area contributed by atoms with Crippen molar-refractivity contribution in [2.24, 2.45) is 5.92 Å². The number of aryl methyl sites for hydroxylation is 1. The zero-order chi connectivity index (χ0) is 15.5. The number of aliphatic hydroxyl groups is 1. The molecule has 0 amide bonds. The minimum Gasteiger partial charge on any atom is -0.380 e. The molecule has 0 aliphatic rings. The second-order valence-electron chi connectivity index (χ2n) is 6.17. The molecule has 0 saturated heterocycles. The molecule has 2 heteroatoms. The number of hydrogen-bond donors (Lipinski definition) is 1. The average molecular weight is 283 g/mol. The van der Waals surface area contributed by atoms with Gasteiger partial charge in [0.15, 0.2) is 0 Å². The number of hydrogen-bond acceptors (Lipinski definition) is 2. The highest BCUT2D eigenvalue weighted by Crippen LogP contribution is 2.37. The zero-order valence-corrected chi connectivity index (χ0v) is 13.4.